The van der Waals surface area contributed by atoms with Crippen LogP contribution in [0.4, 0.5) is 0 Å². The molecule has 0 aromatic rings. The van der Waals surface area contributed by atoms with Crippen molar-refractivity contribution >= 4 is 5.91 Å². The first-order chi connectivity index (χ1) is 8.10. The zero-order valence-electron chi connectivity index (χ0n) is 11.4. The third-order valence-corrected chi connectivity index (χ3v) is 4.06. The molecule has 1 saturated carbocycles. The molecule has 1 atom stereocenters. The largest absolute Gasteiger partial charge is 0.293 e. The van der Waals surface area contributed by atoms with Gasteiger partial charge in [0, 0.05) is 6.04 Å². The molecule has 1 unspecified atom stereocenters. The van der Waals surface area contributed by atoms with Crippen LogP contribution in [0.15, 0.2) is 0 Å². The van der Waals surface area contributed by atoms with E-state index in [2.05, 4.69) is 31.2 Å². The van der Waals surface area contributed by atoms with E-state index in [9.17, 15) is 4.79 Å². The van der Waals surface area contributed by atoms with Gasteiger partial charge in [0.15, 0.2) is 0 Å². The fourth-order valence-electron chi connectivity index (χ4n) is 2.79. The summed E-state index contributed by atoms with van der Waals surface area (Å²) in [6.45, 7) is 4.42. The van der Waals surface area contributed by atoms with Gasteiger partial charge in [0.2, 0.25) is 0 Å². The van der Waals surface area contributed by atoms with Crippen molar-refractivity contribution in [2.24, 2.45) is 11.8 Å². The summed E-state index contributed by atoms with van der Waals surface area (Å²) in [6.07, 6.45) is 6.85. The Morgan fingerprint density at radius 1 is 1.41 bits per heavy atom. The Hall–Kier alpha value is -0.610. The highest BCUT2D eigenvalue weighted by Gasteiger charge is 2.29. The monoisotopic (exact) mass is 241 g/mol. The van der Waals surface area contributed by atoms with Gasteiger partial charge in [-0.3, -0.25) is 15.1 Å². The first-order valence-corrected chi connectivity index (χ1v) is 6.82. The number of hydrogen-bond donors (Lipinski definition) is 2. The van der Waals surface area contributed by atoms with Gasteiger partial charge in [-0.25, -0.2) is 5.84 Å². The summed E-state index contributed by atoms with van der Waals surface area (Å²) in [5, 5.41) is 0. The molecule has 0 heterocycles. The molecule has 3 N–H and O–H groups in total. The number of amides is 1. The first kappa shape index (κ1) is 14.5. The molecule has 17 heavy (non-hydrogen) atoms. The van der Waals surface area contributed by atoms with Gasteiger partial charge in [-0.05, 0) is 45.1 Å². The fourth-order valence-corrected chi connectivity index (χ4v) is 2.79. The van der Waals surface area contributed by atoms with E-state index in [0.29, 0.717) is 6.04 Å². The van der Waals surface area contributed by atoms with Gasteiger partial charge < -0.3 is 0 Å². The molecule has 0 aromatic carbocycles. The summed E-state index contributed by atoms with van der Waals surface area (Å²) >= 11 is 0. The van der Waals surface area contributed by atoms with Gasteiger partial charge in [-0.15, -0.1) is 0 Å². The van der Waals surface area contributed by atoms with E-state index in [1.807, 2.05) is 0 Å². The molecule has 0 spiro atoms. The minimum Gasteiger partial charge on any atom is -0.293 e. The number of carbonyl (C=O) groups is 1. The van der Waals surface area contributed by atoms with Crippen LogP contribution >= 0.6 is 0 Å². The van der Waals surface area contributed by atoms with E-state index >= 15 is 0 Å². The standard InChI is InChI=1S/C13H27N3O/c1-4-5-12(13(17)15-14)16(3)11-8-6-10(2)7-9-11/h10-12H,4-9,14H2,1-3H3,(H,15,17). The molecule has 4 heteroatoms. The molecule has 0 aliphatic heterocycles. The molecule has 0 aromatic heterocycles. The van der Waals surface area contributed by atoms with Gasteiger partial charge in [-0.1, -0.05) is 20.3 Å². The zero-order chi connectivity index (χ0) is 12.8. The minimum absolute atomic E-state index is 0.0482. The van der Waals surface area contributed by atoms with Crippen LogP contribution in [0.2, 0.25) is 0 Å². The topological polar surface area (TPSA) is 58.4 Å². The molecular weight excluding hydrogens is 214 g/mol. The van der Waals surface area contributed by atoms with Crippen molar-refractivity contribution in [1.82, 2.24) is 10.3 Å². The van der Waals surface area contributed by atoms with Gasteiger partial charge in [0.05, 0.1) is 6.04 Å². The quantitative estimate of drug-likeness (QED) is 0.437. The molecule has 1 aliphatic carbocycles. The van der Waals surface area contributed by atoms with E-state index in [1.54, 1.807) is 0 Å². The lowest BCUT2D eigenvalue weighted by molar-refractivity contribution is -0.127. The lowest BCUT2D eigenvalue weighted by Gasteiger charge is -2.37. The van der Waals surface area contributed by atoms with Gasteiger partial charge in [0.1, 0.15) is 0 Å². The van der Waals surface area contributed by atoms with Crippen molar-refractivity contribution < 1.29 is 4.79 Å². The Kier molecular flexibility index (Phi) is 5.92. The van der Waals surface area contributed by atoms with E-state index in [4.69, 9.17) is 5.84 Å². The van der Waals surface area contributed by atoms with Crippen molar-refractivity contribution in [3.63, 3.8) is 0 Å². The molecular formula is C13H27N3O. The summed E-state index contributed by atoms with van der Waals surface area (Å²) in [6, 6.07) is 0.475. The van der Waals surface area contributed by atoms with E-state index in [0.717, 1.165) is 18.8 Å². The van der Waals surface area contributed by atoms with Gasteiger partial charge >= 0.3 is 0 Å². The van der Waals surface area contributed by atoms with E-state index in [1.165, 1.54) is 25.7 Å². The van der Waals surface area contributed by atoms with Crippen LogP contribution in [0, 0.1) is 5.92 Å². The smallest absolute Gasteiger partial charge is 0.251 e. The normalized spacial score (nSPS) is 26.9. The summed E-state index contributed by atoms with van der Waals surface area (Å²) in [5.41, 5.74) is 2.30. The van der Waals surface area contributed by atoms with Crippen molar-refractivity contribution in [3.8, 4) is 0 Å². The van der Waals surface area contributed by atoms with Crippen molar-refractivity contribution in [3.05, 3.63) is 0 Å². The Labute approximate surface area is 105 Å². The average Bonchev–Trinajstić information content (AvgIpc) is 2.35. The van der Waals surface area contributed by atoms with Crippen molar-refractivity contribution in [1.29, 1.82) is 0 Å². The van der Waals surface area contributed by atoms with Crippen LogP contribution in [-0.2, 0) is 4.79 Å². The number of nitrogens with zero attached hydrogens (tertiary/aromatic N) is 1. The number of nitrogens with one attached hydrogen (secondary N) is 1. The van der Waals surface area contributed by atoms with Crippen LogP contribution in [0.1, 0.15) is 52.4 Å². The van der Waals surface area contributed by atoms with Crippen molar-refractivity contribution in [2.45, 2.75) is 64.5 Å². The number of carbonyl (C=O) groups excluding carboxylic acids is 1. The fraction of sp³-hybridized carbons (Fsp3) is 0.923. The van der Waals surface area contributed by atoms with E-state index < -0.39 is 0 Å². The highest BCUT2D eigenvalue weighted by molar-refractivity contribution is 5.81. The number of rotatable bonds is 5. The molecule has 4 nitrogen and oxygen atoms in total. The second-order valence-corrected chi connectivity index (χ2v) is 5.39. The molecule has 1 aliphatic rings. The molecule has 1 rings (SSSR count). The molecule has 0 saturated heterocycles. The second-order valence-electron chi connectivity index (χ2n) is 5.39. The maximum atomic E-state index is 11.8. The lowest BCUT2D eigenvalue weighted by Crippen LogP contribution is -2.51. The molecule has 100 valence electrons. The lowest BCUT2D eigenvalue weighted by atomic mass is 9.86. The molecule has 1 fully saturated rings. The predicted octanol–water partition coefficient (Wildman–Crippen LogP) is 1.66. The summed E-state index contributed by atoms with van der Waals surface area (Å²) in [4.78, 5) is 14.0. The summed E-state index contributed by atoms with van der Waals surface area (Å²) < 4.78 is 0. The Bertz CT molecular complexity index is 237. The number of hydrogen-bond acceptors (Lipinski definition) is 3. The van der Waals surface area contributed by atoms with Gasteiger partial charge in [0.25, 0.3) is 5.91 Å². The maximum absolute atomic E-state index is 11.8. The Balaban J connectivity index is 2.57. The first-order valence-electron chi connectivity index (χ1n) is 6.82. The second kappa shape index (κ2) is 6.97. The van der Waals surface area contributed by atoms with Crippen LogP contribution in [0.3, 0.4) is 0 Å². The number of hydrazine groups is 1. The van der Waals surface area contributed by atoms with Gasteiger partial charge in [-0.2, -0.15) is 0 Å². The average molecular weight is 241 g/mol. The van der Waals surface area contributed by atoms with Crippen LogP contribution in [-0.4, -0.2) is 29.9 Å². The van der Waals surface area contributed by atoms with E-state index in [-0.39, 0.29) is 11.9 Å². The third-order valence-electron chi connectivity index (χ3n) is 4.06. The van der Waals surface area contributed by atoms with Crippen LogP contribution < -0.4 is 11.3 Å². The molecule has 1 amide bonds. The number of nitrogens with two attached hydrogens (primary N) is 1. The summed E-state index contributed by atoms with van der Waals surface area (Å²) in [7, 11) is 2.07. The predicted molar refractivity (Wildman–Crippen MR) is 70.2 cm³/mol. The highest BCUT2D eigenvalue weighted by atomic mass is 16.2. The Morgan fingerprint density at radius 3 is 2.47 bits per heavy atom. The minimum atomic E-state index is -0.0663. The number of likely N-dealkylation sites (N-methyl/N-ethyl adjacent to an activating group) is 1. The van der Waals surface area contributed by atoms with Crippen molar-refractivity contribution in [2.75, 3.05) is 7.05 Å². The van der Waals surface area contributed by atoms with Crippen LogP contribution in [0.5, 0.6) is 0 Å². The molecule has 0 bridgehead atoms. The third kappa shape index (κ3) is 3.96. The molecule has 0 radical (unpaired) electrons. The maximum Gasteiger partial charge on any atom is 0.251 e. The Morgan fingerprint density at radius 2 is 2.00 bits per heavy atom. The summed E-state index contributed by atoms with van der Waals surface area (Å²) in [5.74, 6) is 6.06. The SMILES string of the molecule is CCCC(C(=O)NN)N(C)C1CCC(C)CC1. The highest BCUT2D eigenvalue weighted by Crippen LogP contribution is 2.28. The zero-order valence-corrected chi connectivity index (χ0v) is 11.4. The van der Waals surface area contributed by atoms with Crippen LogP contribution in [0.25, 0.3) is 0 Å².